The van der Waals surface area contributed by atoms with Crippen LogP contribution in [0.25, 0.3) is 0 Å². The number of aliphatic carboxylic acids is 2. The number of nitrogens with one attached hydrogen (secondary N) is 3. The first kappa shape index (κ1) is 28.1. The van der Waals surface area contributed by atoms with Crippen LogP contribution in [0, 0.1) is 0 Å². The van der Waals surface area contributed by atoms with Gasteiger partial charge in [-0.15, -0.1) is 0 Å². The van der Waals surface area contributed by atoms with E-state index in [0.29, 0.717) is 16.2 Å². The zero-order chi connectivity index (χ0) is 28.7. The van der Waals surface area contributed by atoms with E-state index in [-0.39, 0.29) is 11.5 Å². The minimum Gasteiger partial charge on any atom is -0.481 e. The zero-order valence-corrected chi connectivity index (χ0v) is 20.2. The molecule has 9 N–H and O–H groups in total. The van der Waals surface area contributed by atoms with Gasteiger partial charge >= 0.3 is 18.0 Å². The van der Waals surface area contributed by atoms with Gasteiger partial charge in [0.05, 0.1) is 12.1 Å². The van der Waals surface area contributed by atoms with Crippen LogP contribution in [0.15, 0.2) is 59.6 Å². The van der Waals surface area contributed by atoms with Crippen molar-refractivity contribution in [3.05, 3.63) is 65.7 Å². The van der Waals surface area contributed by atoms with Gasteiger partial charge in [0.25, 0.3) is 5.91 Å². The van der Waals surface area contributed by atoms with Crippen LogP contribution in [-0.4, -0.2) is 69.4 Å². The highest BCUT2D eigenvalue weighted by molar-refractivity contribution is 6.07. The number of carboxylic acids is 2. The third-order valence-electron chi connectivity index (χ3n) is 5.49. The van der Waals surface area contributed by atoms with Crippen LogP contribution in [-0.2, 0) is 24.0 Å². The molecule has 2 unspecified atom stereocenters. The highest BCUT2D eigenvalue weighted by atomic mass is 16.4. The Hall–Kier alpha value is -5.47. The van der Waals surface area contributed by atoms with E-state index in [1.807, 2.05) is 0 Å². The SMILES string of the molecule is NC(N)=Nc1cccc(C2NC(=O)N(CC(=O)N[C@@H](CC(=O)O)C(=O)NC(C(=O)O)c3ccccc3)C2=O)c1. The zero-order valence-electron chi connectivity index (χ0n) is 20.2. The number of imide groups is 1. The number of aliphatic imine (C=N–C) groups is 1. The van der Waals surface area contributed by atoms with E-state index in [1.165, 1.54) is 24.3 Å². The van der Waals surface area contributed by atoms with Gasteiger partial charge in [-0.1, -0.05) is 42.5 Å². The Kier molecular flexibility index (Phi) is 8.78. The van der Waals surface area contributed by atoms with Crippen LogP contribution in [0.4, 0.5) is 10.5 Å². The molecular formula is C24H25N7O8. The van der Waals surface area contributed by atoms with Crippen LogP contribution in [0.1, 0.15) is 29.6 Å². The molecule has 0 spiro atoms. The van der Waals surface area contributed by atoms with Gasteiger partial charge in [-0.25, -0.2) is 14.6 Å². The smallest absolute Gasteiger partial charge is 0.330 e. The molecule has 0 saturated carbocycles. The number of benzene rings is 2. The van der Waals surface area contributed by atoms with Crippen molar-refractivity contribution in [2.45, 2.75) is 24.5 Å². The molecule has 15 nitrogen and oxygen atoms in total. The second kappa shape index (κ2) is 12.2. The predicted octanol–water partition coefficient (Wildman–Crippen LogP) is -0.914. The highest BCUT2D eigenvalue weighted by Gasteiger charge is 2.40. The molecule has 2 aromatic rings. The molecule has 3 atom stereocenters. The second-order valence-corrected chi connectivity index (χ2v) is 8.35. The number of carbonyl (C=O) groups excluding carboxylic acids is 4. The van der Waals surface area contributed by atoms with Gasteiger partial charge < -0.3 is 37.6 Å². The normalized spacial score (nSPS) is 16.0. The lowest BCUT2D eigenvalue weighted by atomic mass is 10.1. The van der Waals surface area contributed by atoms with Crippen molar-refractivity contribution in [2.75, 3.05) is 6.54 Å². The Balaban J connectivity index is 1.71. The molecule has 0 bridgehead atoms. The largest absolute Gasteiger partial charge is 0.481 e. The number of nitrogens with zero attached hydrogens (tertiary/aromatic N) is 2. The van der Waals surface area contributed by atoms with Gasteiger partial charge in [0.2, 0.25) is 11.8 Å². The number of carbonyl (C=O) groups is 6. The average Bonchev–Trinajstić information content (AvgIpc) is 3.15. The summed E-state index contributed by atoms with van der Waals surface area (Å²) in [4.78, 5) is 78.3. The summed E-state index contributed by atoms with van der Waals surface area (Å²) in [6, 6.07) is 8.49. The minimum atomic E-state index is -1.70. The number of carboxylic acid groups (broad SMARTS) is 2. The molecule has 0 aromatic heterocycles. The number of amides is 5. The molecule has 2 aromatic carbocycles. The molecule has 1 heterocycles. The fourth-order valence-electron chi connectivity index (χ4n) is 3.76. The van der Waals surface area contributed by atoms with Crippen molar-refractivity contribution in [3.63, 3.8) is 0 Å². The van der Waals surface area contributed by atoms with Gasteiger partial charge in [-0.3, -0.25) is 24.1 Å². The summed E-state index contributed by atoms with van der Waals surface area (Å²) in [6.07, 6.45) is -0.890. The Morgan fingerprint density at radius 3 is 2.31 bits per heavy atom. The van der Waals surface area contributed by atoms with Gasteiger partial charge in [0, 0.05) is 0 Å². The lowest BCUT2D eigenvalue weighted by molar-refractivity contribution is -0.143. The fraction of sp³-hybridized carbons (Fsp3) is 0.208. The summed E-state index contributed by atoms with van der Waals surface area (Å²) >= 11 is 0. The van der Waals surface area contributed by atoms with E-state index in [4.69, 9.17) is 11.5 Å². The van der Waals surface area contributed by atoms with E-state index in [0.717, 1.165) is 0 Å². The highest BCUT2D eigenvalue weighted by Crippen LogP contribution is 2.25. The lowest BCUT2D eigenvalue weighted by Crippen LogP contribution is -2.52. The Labute approximate surface area is 220 Å². The molecule has 204 valence electrons. The summed E-state index contributed by atoms with van der Waals surface area (Å²) in [7, 11) is 0. The maximum absolute atomic E-state index is 12.9. The fourth-order valence-corrected chi connectivity index (χ4v) is 3.76. The number of hydrogen-bond donors (Lipinski definition) is 7. The molecule has 39 heavy (non-hydrogen) atoms. The number of nitrogens with two attached hydrogens (primary N) is 2. The Morgan fingerprint density at radius 2 is 1.69 bits per heavy atom. The maximum Gasteiger partial charge on any atom is 0.330 e. The van der Waals surface area contributed by atoms with Crippen LogP contribution in [0.3, 0.4) is 0 Å². The molecule has 1 saturated heterocycles. The summed E-state index contributed by atoms with van der Waals surface area (Å²) in [5, 5.41) is 25.5. The number of hydrogen-bond acceptors (Lipinski definition) is 7. The second-order valence-electron chi connectivity index (χ2n) is 8.35. The predicted molar refractivity (Wildman–Crippen MR) is 134 cm³/mol. The standard InChI is InChI=1S/C24H25N7O8/c25-23(26)27-14-8-4-7-13(9-14)18-21(36)31(24(39)30-18)11-16(32)28-15(10-17(33)34)20(35)29-19(22(37)38)12-5-2-1-3-6-12/h1-9,15,18-19H,10-11H2,(H,28,32)(H,29,35)(H,30,39)(H,33,34)(H,37,38)(H4,25,26,27)/t15-,18?,19?/m0/s1. The van der Waals surface area contributed by atoms with E-state index < -0.39 is 66.8 Å². The summed E-state index contributed by atoms with van der Waals surface area (Å²) in [5.74, 6) is -5.99. The van der Waals surface area contributed by atoms with Crippen molar-refractivity contribution in [1.29, 1.82) is 0 Å². The van der Waals surface area contributed by atoms with Crippen molar-refractivity contribution >= 4 is 47.3 Å². The van der Waals surface area contributed by atoms with Crippen molar-refractivity contribution < 1.29 is 39.0 Å². The van der Waals surface area contributed by atoms with Crippen LogP contribution >= 0.6 is 0 Å². The van der Waals surface area contributed by atoms with Crippen molar-refractivity contribution in [1.82, 2.24) is 20.9 Å². The molecule has 1 aliphatic heterocycles. The molecule has 1 aliphatic rings. The topological polar surface area (TPSA) is 247 Å². The summed E-state index contributed by atoms with van der Waals surface area (Å²) in [6.45, 7) is -0.834. The number of urea groups is 1. The molecule has 15 heteroatoms. The quantitative estimate of drug-likeness (QED) is 0.105. The van der Waals surface area contributed by atoms with E-state index in [9.17, 15) is 39.0 Å². The van der Waals surface area contributed by atoms with Crippen LogP contribution < -0.4 is 27.4 Å². The number of rotatable bonds is 11. The van der Waals surface area contributed by atoms with E-state index in [1.54, 1.807) is 30.3 Å². The third kappa shape index (κ3) is 7.28. The maximum atomic E-state index is 12.9. The van der Waals surface area contributed by atoms with E-state index >= 15 is 0 Å². The molecule has 0 radical (unpaired) electrons. The first-order valence-electron chi connectivity index (χ1n) is 11.4. The minimum absolute atomic E-state index is 0.216. The van der Waals surface area contributed by atoms with Gasteiger partial charge in [0.15, 0.2) is 12.0 Å². The van der Waals surface area contributed by atoms with Crippen molar-refractivity contribution in [2.24, 2.45) is 16.5 Å². The Morgan fingerprint density at radius 1 is 1.00 bits per heavy atom. The monoisotopic (exact) mass is 539 g/mol. The van der Waals surface area contributed by atoms with E-state index in [2.05, 4.69) is 20.9 Å². The van der Waals surface area contributed by atoms with Gasteiger partial charge in [-0.05, 0) is 23.3 Å². The summed E-state index contributed by atoms with van der Waals surface area (Å²) in [5.41, 5.74) is 11.6. The first-order valence-corrected chi connectivity index (χ1v) is 11.4. The number of guanidine groups is 1. The van der Waals surface area contributed by atoms with Crippen LogP contribution in [0.2, 0.25) is 0 Å². The first-order chi connectivity index (χ1) is 18.5. The van der Waals surface area contributed by atoms with Gasteiger partial charge in [-0.2, -0.15) is 0 Å². The Bertz CT molecular complexity index is 1330. The van der Waals surface area contributed by atoms with Crippen molar-refractivity contribution in [3.8, 4) is 0 Å². The molecule has 3 rings (SSSR count). The molecule has 5 amide bonds. The molecule has 1 fully saturated rings. The van der Waals surface area contributed by atoms with Gasteiger partial charge in [0.1, 0.15) is 18.6 Å². The lowest BCUT2D eigenvalue weighted by Gasteiger charge is -2.21. The van der Waals surface area contributed by atoms with Crippen LogP contribution in [0.5, 0.6) is 0 Å². The summed E-state index contributed by atoms with van der Waals surface area (Å²) < 4.78 is 0. The molecule has 0 aliphatic carbocycles. The molecular weight excluding hydrogens is 514 g/mol. The average molecular weight is 540 g/mol. The third-order valence-corrected chi connectivity index (χ3v) is 5.49.